The van der Waals surface area contributed by atoms with Crippen LogP contribution in [0.5, 0.6) is 0 Å². The second-order valence-electron chi connectivity index (χ2n) is 3.84. The first kappa shape index (κ1) is 13.9. The molecule has 0 saturated carbocycles. The van der Waals surface area contributed by atoms with Gasteiger partial charge in [0.25, 0.3) is 0 Å². The molecule has 0 atom stereocenters. The number of hydrogen-bond acceptors (Lipinski definition) is 5. The fraction of sp³-hybridized carbons (Fsp3) is 0.154. The number of nitrogens with two attached hydrogens (primary N) is 1. The van der Waals surface area contributed by atoms with Gasteiger partial charge in [-0.25, -0.2) is 4.79 Å². The van der Waals surface area contributed by atoms with Crippen LogP contribution in [-0.4, -0.2) is 13.1 Å². The van der Waals surface area contributed by atoms with E-state index in [9.17, 15) is 4.79 Å². The third-order valence-corrected chi connectivity index (χ3v) is 4.28. The molecule has 0 unspecified atom stereocenters. The molecule has 0 aliphatic heterocycles. The van der Waals surface area contributed by atoms with Crippen molar-refractivity contribution >= 4 is 44.6 Å². The number of rotatable bonds is 4. The number of nitrogens with one attached hydrogen (secondary N) is 1. The summed E-state index contributed by atoms with van der Waals surface area (Å²) in [7, 11) is 1.34. The Morgan fingerprint density at radius 3 is 2.95 bits per heavy atom. The Bertz CT molecular complexity index is 598. The van der Waals surface area contributed by atoms with E-state index in [4.69, 9.17) is 5.73 Å². The van der Waals surface area contributed by atoms with E-state index in [1.54, 1.807) is 23.5 Å². The molecule has 2 aromatic rings. The average Bonchev–Trinajstić information content (AvgIpc) is 2.82. The summed E-state index contributed by atoms with van der Waals surface area (Å²) in [6, 6.07) is 7.30. The number of carbonyl (C=O) groups excluding carboxylic acids is 1. The molecule has 0 saturated heterocycles. The minimum absolute atomic E-state index is 0.375. The van der Waals surface area contributed by atoms with E-state index in [1.165, 1.54) is 12.0 Å². The monoisotopic (exact) mass is 340 g/mol. The highest BCUT2D eigenvalue weighted by Crippen LogP contribution is 2.25. The lowest BCUT2D eigenvalue weighted by Gasteiger charge is -2.11. The van der Waals surface area contributed by atoms with E-state index in [1.807, 2.05) is 17.5 Å². The molecule has 6 heteroatoms. The van der Waals surface area contributed by atoms with Gasteiger partial charge in [-0.1, -0.05) is 6.07 Å². The summed E-state index contributed by atoms with van der Waals surface area (Å²) in [5, 5.41) is 5.24. The second-order valence-corrected chi connectivity index (χ2v) is 5.75. The Morgan fingerprint density at radius 1 is 1.53 bits per heavy atom. The zero-order valence-corrected chi connectivity index (χ0v) is 12.7. The highest BCUT2D eigenvalue weighted by molar-refractivity contribution is 9.10. The lowest BCUT2D eigenvalue weighted by Crippen LogP contribution is -2.08. The summed E-state index contributed by atoms with van der Waals surface area (Å²) in [5.41, 5.74) is 7.47. The van der Waals surface area contributed by atoms with Gasteiger partial charge in [0.05, 0.1) is 24.0 Å². The SMILES string of the molecule is COC(=O)c1cccc(NCc2cc(Br)cs2)c1N. The standard InChI is InChI=1S/C13H13BrN2O2S/c1-18-13(17)10-3-2-4-11(12(10)15)16-6-9-5-8(14)7-19-9/h2-5,7,16H,6,15H2,1H3. The maximum Gasteiger partial charge on any atom is 0.340 e. The number of hydrogen-bond donors (Lipinski definition) is 2. The first-order chi connectivity index (χ1) is 9.11. The van der Waals surface area contributed by atoms with Gasteiger partial charge < -0.3 is 15.8 Å². The van der Waals surface area contributed by atoms with Gasteiger partial charge in [0.1, 0.15) is 0 Å². The van der Waals surface area contributed by atoms with Gasteiger partial charge in [-0.05, 0) is 34.1 Å². The zero-order chi connectivity index (χ0) is 13.8. The Morgan fingerprint density at radius 2 is 2.32 bits per heavy atom. The van der Waals surface area contributed by atoms with Gasteiger partial charge in [-0.2, -0.15) is 0 Å². The number of halogens is 1. The number of para-hydroxylation sites is 1. The Labute approximate surface area is 123 Å². The number of thiophene rings is 1. The third-order valence-electron chi connectivity index (χ3n) is 2.59. The van der Waals surface area contributed by atoms with Gasteiger partial charge >= 0.3 is 5.97 Å². The summed E-state index contributed by atoms with van der Waals surface area (Å²) in [5.74, 6) is -0.431. The molecule has 100 valence electrons. The molecule has 2 rings (SSSR count). The number of nitrogen functional groups attached to an aromatic ring is 1. The van der Waals surface area contributed by atoms with Crippen LogP contribution in [0.3, 0.4) is 0 Å². The van der Waals surface area contributed by atoms with Gasteiger partial charge in [0, 0.05) is 21.3 Å². The van der Waals surface area contributed by atoms with Crippen LogP contribution < -0.4 is 11.1 Å². The van der Waals surface area contributed by atoms with Gasteiger partial charge in [-0.3, -0.25) is 0 Å². The molecule has 0 fully saturated rings. The number of ether oxygens (including phenoxy) is 1. The highest BCUT2D eigenvalue weighted by atomic mass is 79.9. The minimum Gasteiger partial charge on any atom is -0.465 e. The van der Waals surface area contributed by atoms with Crippen LogP contribution in [0.2, 0.25) is 0 Å². The summed E-state index contributed by atoms with van der Waals surface area (Å²) in [6.07, 6.45) is 0. The molecule has 0 bridgehead atoms. The maximum atomic E-state index is 11.5. The summed E-state index contributed by atoms with van der Waals surface area (Å²) < 4.78 is 5.75. The predicted octanol–water partition coefficient (Wildman–Crippen LogP) is 3.49. The smallest absolute Gasteiger partial charge is 0.340 e. The van der Waals surface area contributed by atoms with Gasteiger partial charge in [-0.15, -0.1) is 11.3 Å². The maximum absolute atomic E-state index is 11.5. The van der Waals surface area contributed by atoms with E-state index in [-0.39, 0.29) is 0 Å². The Balaban J connectivity index is 2.14. The molecular formula is C13H13BrN2O2S. The van der Waals surface area contributed by atoms with E-state index in [2.05, 4.69) is 26.0 Å². The van der Waals surface area contributed by atoms with Crippen molar-refractivity contribution in [3.05, 3.63) is 44.6 Å². The fourth-order valence-corrected chi connectivity index (χ4v) is 3.03. The van der Waals surface area contributed by atoms with Crippen LogP contribution in [0.1, 0.15) is 15.2 Å². The Kier molecular flexibility index (Phi) is 4.44. The summed E-state index contributed by atoms with van der Waals surface area (Å²) in [4.78, 5) is 12.7. The normalized spacial score (nSPS) is 10.2. The van der Waals surface area contributed by atoms with Crippen molar-refractivity contribution in [2.75, 3.05) is 18.2 Å². The molecule has 0 amide bonds. The molecule has 1 aromatic heterocycles. The van der Waals surface area contributed by atoms with Gasteiger partial charge in [0.15, 0.2) is 0 Å². The van der Waals surface area contributed by atoms with Crippen LogP contribution >= 0.6 is 27.3 Å². The van der Waals surface area contributed by atoms with E-state index < -0.39 is 5.97 Å². The lowest BCUT2D eigenvalue weighted by molar-refractivity contribution is 0.0602. The van der Waals surface area contributed by atoms with Crippen molar-refractivity contribution in [2.45, 2.75) is 6.54 Å². The van der Waals surface area contributed by atoms with E-state index in [0.29, 0.717) is 17.8 Å². The van der Waals surface area contributed by atoms with Crippen molar-refractivity contribution in [3.63, 3.8) is 0 Å². The molecule has 0 spiro atoms. The number of benzene rings is 1. The van der Waals surface area contributed by atoms with Crippen molar-refractivity contribution in [1.82, 2.24) is 0 Å². The lowest BCUT2D eigenvalue weighted by atomic mass is 10.1. The first-order valence-corrected chi connectivity index (χ1v) is 7.22. The average molecular weight is 341 g/mol. The number of anilines is 2. The molecule has 4 nitrogen and oxygen atoms in total. The fourth-order valence-electron chi connectivity index (χ4n) is 1.64. The van der Waals surface area contributed by atoms with Crippen LogP contribution in [0, 0.1) is 0 Å². The van der Waals surface area contributed by atoms with Crippen LogP contribution in [0.4, 0.5) is 11.4 Å². The van der Waals surface area contributed by atoms with Crippen molar-refractivity contribution in [2.24, 2.45) is 0 Å². The van der Waals surface area contributed by atoms with Gasteiger partial charge in [0.2, 0.25) is 0 Å². The molecule has 0 aliphatic carbocycles. The Hall–Kier alpha value is -1.53. The van der Waals surface area contributed by atoms with Crippen molar-refractivity contribution in [1.29, 1.82) is 0 Å². The number of carbonyl (C=O) groups is 1. The van der Waals surface area contributed by atoms with E-state index >= 15 is 0 Å². The van der Waals surface area contributed by atoms with Crippen LogP contribution in [0.15, 0.2) is 34.1 Å². The molecule has 1 aromatic carbocycles. The third kappa shape index (κ3) is 3.27. The largest absolute Gasteiger partial charge is 0.465 e. The van der Waals surface area contributed by atoms with Crippen LogP contribution in [-0.2, 0) is 11.3 Å². The molecule has 0 radical (unpaired) electrons. The van der Waals surface area contributed by atoms with Crippen molar-refractivity contribution < 1.29 is 9.53 Å². The topological polar surface area (TPSA) is 64.3 Å². The minimum atomic E-state index is -0.431. The molecule has 19 heavy (non-hydrogen) atoms. The quantitative estimate of drug-likeness (QED) is 0.660. The second kappa shape index (κ2) is 6.08. The number of methoxy groups -OCH3 is 1. The first-order valence-electron chi connectivity index (χ1n) is 5.55. The molecular weight excluding hydrogens is 328 g/mol. The molecule has 0 aliphatic rings. The summed E-state index contributed by atoms with van der Waals surface area (Å²) >= 11 is 5.06. The van der Waals surface area contributed by atoms with Crippen molar-refractivity contribution in [3.8, 4) is 0 Å². The zero-order valence-electron chi connectivity index (χ0n) is 10.3. The predicted molar refractivity (Wildman–Crippen MR) is 81.5 cm³/mol. The molecule has 1 heterocycles. The number of esters is 1. The van der Waals surface area contributed by atoms with E-state index in [0.717, 1.165) is 10.2 Å². The molecule has 3 N–H and O–H groups in total. The highest BCUT2D eigenvalue weighted by Gasteiger charge is 2.12. The van der Waals surface area contributed by atoms with Crippen LogP contribution in [0.25, 0.3) is 0 Å². The summed E-state index contributed by atoms with van der Waals surface area (Å²) in [6.45, 7) is 0.658.